The Balaban J connectivity index is 1.58. The summed E-state index contributed by atoms with van der Waals surface area (Å²) in [6.07, 6.45) is 1.09. The van der Waals surface area contributed by atoms with Crippen molar-refractivity contribution in [2.45, 2.75) is 13.3 Å². The fourth-order valence-electron chi connectivity index (χ4n) is 2.05. The molecule has 0 bridgehead atoms. The van der Waals surface area contributed by atoms with E-state index in [1.165, 1.54) is 16.8 Å². The van der Waals surface area contributed by atoms with Crippen LogP contribution in [0.4, 0.5) is 5.69 Å². The molecule has 0 heterocycles. The Labute approximate surface area is 115 Å². The molecule has 0 aliphatic heterocycles. The van der Waals surface area contributed by atoms with Crippen molar-refractivity contribution in [2.75, 3.05) is 25.0 Å². The van der Waals surface area contributed by atoms with Crippen molar-refractivity contribution in [3.63, 3.8) is 0 Å². The van der Waals surface area contributed by atoms with E-state index in [0.717, 1.165) is 26.1 Å². The Kier molecular flexibility index (Phi) is 5.45. The van der Waals surface area contributed by atoms with Gasteiger partial charge in [0.1, 0.15) is 0 Å². The SMILES string of the molecule is Cc1cccc(NCCNCCc2ccccc2)c1. The van der Waals surface area contributed by atoms with E-state index < -0.39 is 0 Å². The van der Waals surface area contributed by atoms with Crippen molar-refractivity contribution in [1.82, 2.24) is 5.32 Å². The summed E-state index contributed by atoms with van der Waals surface area (Å²) in [7, 11) is 0. The van der Waals surface area contributed by atoms with Crippen LogP contribution in [0.2, 0.25) is 0 Å². The summed E-state index contributed by atoms with van der Waals surface area (Å²) in [6, 6.07) is 19.1. The van der Waals surface area contributed by atoms with Gasteiger partial charge in [-0.25, -0.2) is 0 Å². The van der Waals surface area contributed by atoms with E-state index in [4.69, 9.17) is 0 Å². The van der Waals surface area contributed by atoms with Crippen LogP contribution in [0.3, 0.4) is 0 Å². The minimum absolute atomic E-state index is 0.957. The molecule has 0 saturated heterocycles. The first kappa shape index (κ1) is 13.6. The summed E-state index contributed by atoms with van der Waals surface area (Å²) in [5.74, 6) is 0. The van der Waals surface area contributed by atoms with Crippen molar-refractivity contribution >= 4 is 5.69 Å². The standard InChI is InChI=1S/C17H22N2/c1-15-6-5-9-17(14-15)19-13-12-18-11-10-16-7-3-2-4-8-16/h2-9,14,18-19H,10-13H2,1H3. The van der Waals surface area contributed by atoms with Gasteiger partial charge in [-0.3, -0.25) is 0 Å². The van der Waals surface area contributed by atoms with Crippen molar-refractivity contribution in [2.24, 2.45) is 0 Å². The van der Waals surface area contributed by atoms with Gasteiger partial charge in [0.2, 0.25) is 0 Å². The molecule has 0 unspecified atom stereocenters. The molecule has 2 rings (SSSR count). The second kappa shape index (κ2) is 7.59. The molecule has 0 amide bonds. The van der Waals surface area contributed by atoms with E-state index in [1.807, 2.05) is 0 Å². The molecule has 0 aromatic heterocycles. The molecule has 2 aromatic carbocycles. The highest BCUT2D eigenvalue weighted by Gasteiger charge is 1.93. The highest BCUT2D eigenvalue weighted by Crippen LogP contribution is 2.08. The Morgan fingerprint density at radius 1 is 0.842 bits per heavy atom. The maximum atomic E-state index is 3.46. The zero-order valence-corrected chi connectivity index (χ0v) is 11.5. The van der Waals surface area contributed by atoms with Crippen LogP contribution < -0.4 is 10.6 Å². The van der Waals surface area contributed by atoms with Gasteiger partial charge in [-0.1, -0.05) is 42.5 Å². The second-order valence-electron chi connectivity index (χ2n) is 4.78. The lowest BCUT2D eigenvalue weighted by Gasteiger charge is -2.08. The minimum atomic E-state index is 0.957. The van der Waals surface area contributed by atoms with Gasteiger partial charge < -0.3 is 10.6 Å². The number of nitrogens with one attached hydrogen (secondary N) is 2. The van der Waals surface area contributed by atoms with Gasteiger partial charge in [-0.2, -0.15) is 0 Å². The largest absolute Gasteiger partial charge is 0.384 e. The van der Waals surface area contributed by atoms with Gasteiger partial charge in [-0.05, 0) is 43.1 Å². The second-order valence-corrected chi connectivity index (χ2v) is 4.78. The van der Waals surface area contributed by atoms with Crippen LogP contribution in [0.1, 0.15) is 11.1 Å². The molecular weight excluding hydrogens is 232 g/mol. The molecule has 0 atom stereocenters. The molecule has 2 N–H and O–H groups in total. The van der Waals surface area contributed by atoms with Crippen molar-refractivity contribution in [3.8, 4) is 0 Å². The monoisotopic (exact) mass is 254 g/mol. The van der Waals surface area contributed by atoms with Gasteiger partial charge in [0, 0.05) is 18.8 Å². The normalized spacial score (nSPS) is 10.4. The Morgan fingerprint density at radius 2 is 1.68 bits per heavy atom. The predicted octanol–water partition coefficient (Wildman–Crippen LogP) is 3.24. The highest BCUT2D eigenvalue weighted by molar-refractivity contribution is 5.45. The van der Waals surface area contributed by atoms with Gasteiger partial charge in [0.05, 0.1) is 0 Å². The molecule has 2 nitrogen and oxygen atoms in total. The molecule has 0 saturated carbocycles. The lowest BCUT2D eigenvalue weighted by molar-refractivity contribution is 0.699. The molecule has 0 aliphatic rings. The average Bonchev–Trinajstić information content (AvgIpc) is 2.44. The van der Waals surface area contributed by atoms with Gasteiger partial charge in [0.15, 0.2) is 0 Å². The van der Waals surface area contributed by atoms with Gasteiger partial charge >= 0.3 is 0 Å². The number of aryl methyl sites for hydroxylation is 1. The maximum Gasteiger partial charge on any atom is 0.0343 e. The first-order chi connectivity index (χ1) is 9.34. The smallest absolute Gasteiger partial charge is 0.0343 e. The zero-order valence-electron chi connectivity index (χ0n) is 11.5. The fraction of sp³-hybridized carbons (Fsp3) is 0.294. The van der Waals surface area contributed by atoms with Crippen LogP contribution in [-0.4, -0.2) is 19.6 Å². The summed E-state index contributed by atoms with van der Waals surface area (Å²) < 4.78 is 0. The first-order valence-corrected chi connectivity index (χ1v) is 6.90. The van der Waals surface area contributed by atoms with Gasteiger partial charge in [0.25, 0.3) is 0 Å². The quantitative estimate of drug-likeness (QED) is 0.741. The maximum absolute atomic E-state index is 3.46. The van der Waals surface area contributed by atoms with Crippen LogP contribution in [0.15, 0.2) is 54.6 Å². The summed E-state index contributed by atoms with van der Waals surface area (Å²) in [4.78, 5) is 0. The number of rotatable bonds is 7. The molecule has 2 heteroatoms. The van der Waals surface area contributed by atoms with E-state index in [-0.39, 0.29) is 0 Å². The Bertz CT molecular complexity index is 480. The predicted molar refractivity (Wildman–Crippen MR) is 82.7 cm³/mol. The summed E-state index contributed by atoms with van der Waals surface area (Å²) in [5, 5.41) is 6.88. The molecule has 0 radical (unpaired) electrons. The van der Waals surface area contributed by atoms with E-state index in [1.54, 1.807) is 0 Å². The molecule has 2 aromatic rings. The third-order valence-corrected chi connectivity index (χ3v) is 3.08. The Morgan fingerprint density at radius 3 is 2.47 bits per heavy atom. The molecule has 0 fully saturated rings. The highest BCUT2D eigenvalue weighted by atomic mass is 14.9. The zero-order chi connectivity index (χ0) is 13.3. The Hall–Kier alpha value is -1.80. The lowest BCUT2D eigenvalue weighted by atomic mass is 10.1. The van der Waals surface area contributed by atoms with E-state index in [0.29, 0.717) is 0 Å². The van der Waals surface area contributed by atoms with Crippen LogP contribution in [0.5, 0.6) is 0 Å². The number of benzene rings is 2. The topological polar surface area (TPSA) is 24.1 Å². The van der Waals surface area contributed by atoms with Crippen LogP contribution >= 0.6 is 0 Å². The fourth-order valence-corrected chi connectivity index (χ4v) is 2.05. The summed E-state index contributed by atoms with van der Waals surface area (Å²) in [5.41, 5.74) is 3.88. The van der Waals surface area contributed by atoms with Crippen molar-refractivity contribution in [3.05, 3.63) is 65.7 Å². The lowest BCUT2D eigenvalue weighted by Crippen LogP contribution is -2.24. The van der Waals surface area contributed by atoms with Crippen molar-refractivity contribution in [1.29, 1.82) is 0 Å². The molecule has 0 aliphatic carbocycles. The van der Waals surface area contributed by atoms with Crippen LogP contribution in [0.25, 0.3) is 0 Å². The third-order valence-electron chi connectivity index (χ3n) is 3.08. The summed E-state index contributed by atoms with van der Waals surface area (Å²) in [6.45, 7) is 5.09. The van der Waals surface area contributed by atoms with Crippen molar-refractivity contribution < 1.29 is 0 Å². The van der Waals surface area contributed by atoms with E-state index >= 15 is 0 Å². The molecule has 19 heavy (non-hydrogen) atoms. The molecule has 0 spiro atoms. The summed E-state index contributed by atoms with van der Waals surface area (Å²) >= 11 is 0. The van der Waals surface area contributed by atoms with Crippen LogP contribution in [0, 0.1) is 6.92 Å². The first-order valence-electron chi connectivity index (χ1n) is 6.90. The average molecular weight is 254 g/mol. The van der Waals surface area contributed by atoms with Gasteiger partial charge in [-0.15, -0.1) is 0 Å². The third kappa shape index (κ3) is 5.14. The minimum Gasteiger partial charge on any atom is -0.384 e. The van der Waals surface area contributed by atoms with Crippen LogP contribution in [-0.2, 0) is 6.42 Å². The van der Waals surface area contributed by atoms with E-state index in [2.05, 4.69) is 72.2 Å². The number of hydrogen-bond donors (Lipinski definition) is 2. The molecule has 100 valence electrons. The number of hydrogen-bond acceptors (Lipinski definition) is 2. The molecular formula is C17H22N2. The number of anilines is 1. The van der Waals surface area contributed by atoms with E-state index in [9.17, 15) is 0 Å².